The predicted molar refractivity (Wildman–Crippen MR) is 117 cm³/mol. The molecular weight excluding hydrogens is 394 g/mol. The summed E-state index contributed by atoms with van der Waals surface area (Å²) in [5, 5.41) is 5.06. The number of para-hydroxylation sites is 1. The first-order valence-corrected chi connectivity index (χ1v) is 10.1. The smallest absolute Gasteiger partial charge is 0.228 e. The summed E-state index contributed by atoms with van der Waals surface area (Å²) >= 11 is 0. The van der Waals surface area contributed by atoms with E-state index in [0.29, 0.717) is 29.1 Å². The van der Waals surface area contributed by atoms with E-state index in [0.717, 1.165) is 17.1 Å². The molecule has 0 fully saturated rings. The number of methoxy groups -OCH3 is 1. The molecule has 0 bridgehead atoms. The van der Waals surface area contributed by atoms with Gasteiger partial charge in [0.15, 0.2) is 12.3 Å². The molecule has 0 saturated heterocycles. The number of aromatic nitrogens is 5. The Kier molecular flexibility index (Phi) is 5.81. The molecule has 3 aromatic heterocycles. The molecule has 0 radical (unpaired) electrons. The molecule has 0 amide bonds. The topological polar surface area (TPSA) is 84.1 Å². The van der Waals surface area contributed by atoms with Gasteiger partial charge in [0.2, 0.25) is 11.7 Å². The van der Waals surface area contributed by atoms with Crippen molar-refractivity contribution in [2.24, 2.45) is 0 Å². The van der Waals surface area contributed by atoms with Crippen LogP contribution in [0.5, 0.6) is 5.88 Å². The van der Waals surface area contributed by atoms with Gasteiger partial charge in [-0.1, -0.05) is 18.2 Å². The van der Waals surface area contributed by atoms with Gasteiger partial charge in [0.05, 0.1) is 24.5 Å². The summed E-state index contributed by atoms with van der Waals surface area (Å²) in [6.07, 6.45) is 3.07. The highest BCUT2D eigenvalue weighted by atomic mass is 16.5. The predicted octanol–water partition coefficient (Wildman–Crippen LogP) is 3.70. The Labute approximate surface area is 180 Å². The lowest BCUT2D eigenvalue weighted by Crippen LogP contribution is -2.16. The first-order chi connectivity index (χ1) is 15.0. The van der Waals surface area contributed by atoms with E-state index in [9.17, 15) is 4.79 Å². The van der Waals surface area contributed by atoms with Crippen molar-refractivity contribution in [2.45, 2.75) is 26.8 Å². The quantitative estimate of drug-likeness (QED) is 0.405. The standard InChI is InChI=1S/C23H25N5O3/c1-15-10-19(17(3)27(15)16(2)12-30-4)21(29)13-31-23-20-11-26-28(22(20)24-14-25-23)18-8-6-5-7-9-18/h5-11,14,16H,12-13H2,1-4H3. The number of fused-ring (bicyclic) bond motifs is 1. The lowest BCUT2D eigenvalue weighted by atomic mass is 10.1. The van der Waals surface area contributed by atoms with Crippen molar-refractivity contribution < 1.29 is 14.3 Å². The molecule has 1 aromatic carbocycles. The number of aryl methyl sites for hydroxylation is 1. The number of hydrogen-bond acceptors (Lipinski definition) is 6. The molecule has 0 saturated carbocycles. The zero-order valence-electron chi connectivity index (χ0n) is 18.1. The monoisotopic (exact) mass is 419 g/mol. The van der Waals surface area contributed by atoms with Gasteiger partial charge >= 0.3 is 0 Å². The normalized spacial score (nSPS) is 12.3. The van der Waals surface area contributed by atoms with Crippen LogP contribution in [0.3, 0.4) is 0 Å². The molecule has 0 aliphatic carbocycles. The summed E-state index contributed by atoms with van der Waals surface area (Å²) in [6, 6.07) is 11.7. The Morgan fingerprint density at radius 2 is 1.94 bits per heavy atom. The molecule has 160 valence electrons. The number of nitrogens with zero attached hydrogens (tertiary/aromatic N) is 5. The van der Waals surface area contributed by atoms with Crippen molar-refractivity contribution >= 4 is 16.8 Å². The lowest BCUT2D eigenvalue weighted by molar-refractivity contribution is 0.0918. The minimum absolute atomic E-state index is 0.105. The van der Waals surface area contributed by atoms with Crippen LogP contribution < -0.4 is 4.74 Å². The fourth-order valence-corrected chi connectivity index (χ4v) is 3.96. The van der Waals surface area contributed by atoms with Gasteiger partial charge in [0.25, 0.3) is 0 Å². The second-order valence-electron chi connectivity index (χ2n) is 7.48. The number of carbonyl (C=O) groups is 1. The fourth-order valence-electron chi connectivity index (χ4n) is 3.96. The summed E-state index contributed by atoms with van der Waals surface area (Å²) in [7, 11) is 1.67. The zero-order chi connectivity index (χ0) is 22.0. The van der Waals surface area contributed by atoms with Gasteiger partial charge in [-0.15, -0.1) is 0 Å². The Balaban J connectivity index is 1.56. The number of hydrogen-bond donors (Lipinski definition) is 0. The van der Waals surface area contributed by atoms with Crippen LogP contribution >= 0.6 is 0 Å². The average Bonchev–Trinajstić information content (AvgIpc) is 3.33. The third kappa shape index (κ3) is 3.94. The van der Waals surface area contributed by atoms with E-state index in [1.807, 2.05) is 50.2 Å². The second-order valence-corrected chi connectivity index (χ2v) is 7.48. The Hall–Kier alpha value is -3.52. The number of Topliss-reactive ketones (excluding diaryl/α,β-unsaturated/α-hetero) is 1. The van der Waals surface area contributed by atoms with Gasteiger partial charge < -0.3 is 14.0 Å². The first kappa shape index (κ1) is 20.7. The largest absolute Gasteiger partial charge is 0.469 e. The number of rotatable bonds is 8. The highest BCUT2D eigenvalue weighted by molar-refractivity contribution is 5.98. The molecule has 8 heteroatoms. The second kappa shape index (κ2) is 8.69. The summed E-state index contributed by atoms with van der Waals surface area (Å²) in [6.45, 7) is 6.45. The molecule has 8 nitrogen and oxygen atoms in total. The third-order valence-corrected chi connectivity index (χ3v) is 5.30. The molecule has 1 unspecified atom stereocenters. The zero-order valence-corrected chi connectivity index (χ0v) is 18.1. The van der Waals surface area contributed by atoms with Crippen LogP contribution in [0.2, 0.25) is 0 Å². The van der Waals surface area contributed by atoms with Crippen molar-refractivity contribution in [3.8, 4) is 11.6 Å². The van der Waals surface area contributed by atoms with Crippen molar-refractivity contribution in [2.75, 3.05) is 20.3 Å². The number of ketones is 1. The number of ether oxygens (including phenoxy) is 2. The summed E-state index contributed by atoms with van der Waals surface area (Å²) in [5.41, 5.74) is 4.07. The minimum atomic E-state index is -0.119. The Morgan fingerprint density at radius 1 is 1.16 bits per heavy atom. The van der Waals surface area contributed by atoms with E-state index in [-0.39, 0.29) is 18.4 Å². The first-order valence-electron chi connectivity index (χ1n) is 10.1. The van der Waals surface area contributed by atoms with E-state index in [1.165, 1.54) is 6.33 Å². The molecule has 0 N–H and O–H groups in total. The van der Waals surface area contributed by atoms with Gasteiger partial charge in [0, 0.05) is 24.1 Å². The average molecular weight is 419 g/mol. The number of carbonyl (C=O) groups excluding carboxylic acids is 1. The highest BCUT2D eigenvalue weighted by Crippen LogP contribution is 2.25. The summed E-state index contributed by atoms with van der Waals surface area (Å²) < 4.78 is 14.9. The van der Waals surface area contributed by atoms with Crippen molar-refractivity contribution in [1.82, 2.24) is 24.3 Å². The molecule has 1 atom stereocenters. The lowest BCUT2D eigenvalue weighted by Gasteiger charge is -2.17. The Morgan fingerprint density at radius 3 is 2.68 bits per heavy atom. The highest BCUT2D eigenvalue weighted by Gasteiger charge is 2.20. The maximum Gasteiger partial charge on any atom is 0.228 e. The molecule has 3 heterocycles. The van der Waals surface area contributed by atoms with E-state index in [1.54, 1.807) is 18.0 Å². The SMILES string of the molecule is COCC(C)n1c(C)cc(C(=O)COc2ncnc3c2cnn3-c2ccccc2)c1C. The molecule has 31 heavy (non-hydrogen) atoms. The van der Waals surface area contributed by atoms with Crippen molar-refractivity contribution in [3.05, 3.63) is 65.9 Å². The van der Waals surface area contributed by atoms with Crippen LogP contribution in [0.4, 0.5) is 0 Å². The van der Waals surface area contributed by atoms with Gasteiger partial charge in [-0.3, -0.25) is 4.79 Å². The van der Waals surface area contributed by atoms with Gasteiger partial charge in [-0.05, 0) is 39.0 Å². The molecule has 0 aliphatic rings. The molecular formula is C23H25N5O3. The van der Waals surface area contributed by atoms with Crippen LogP contribution in [-0.4, -0.2) is 50.4 Å². The van der Waals surface area contributed by atoms with E-state index >= 15 is 0 Å². The van der Waals surface area contributed by atoms with E-state index in [2.05, 4.69) is 26.6 Å². The van der Waals surface area contributed by atoms with E-state index in [4.69, 9.17) is 9.47 Å². The summed E-state index contributed by atoms with van der Waals surface area (Å²) in [5.74, 6) is 0.230. The van der Waals surface area contributed by atoms with Gasteiger partial charge in [-0.2, -0.15) is 5.10 Å². The van der Waals surface area contributed by atoms with Crippen LogP contribution in [-0.2, 0) is 4.74 Å². The maximum absolute atomic E-state index is 12.9. The van der Waals surface area contributed by atoms with Crippen molar-refractivity contribution in [3.63, 3.8) is 0 Å². The molecule has 0 spiro atoms. The molecule has 0 aliphatic heterocycles. The Bertz CT molecular complexity index is 1210. The van der Waals surface area contributed by atoms with E-state index < -0.39 is 0 Å². The van der Waals surface area contributed by atoms with Crippen molar-refractivity contribution in [1.29, 1.82) is 0 Å². The van der Waals surface area contributed by atoms with Crippen LogP contribution in [0.15, 0.2) is 48.9 Å². The summed E-state index contributed by atoms with van der Waals surface area (Å²) in [4.78, 5) is 21.5. The van der Waals surface area contributed by atoms with Gasteiger partial charge in [0.1, 0.15) is 11.7 Å². The minimum Gasteiger partial charge on any atom is -0.469 e. The van der Waals surface area contributed by atoms with Crippen LogP contribution in [0.25, 0.3) is 16.7 Å². The van der Waals surface area contributed by atoms with Crippen LogP contribution in [0, 0.1) is 13.8 Å². The number of benzene rings is 1. The third-order valence-electron chi connectivity index (χ3n) is 5.30. The molecule has 4 aromatic rings. The maximum atomic E-state index is 12.9. The van der Waals surface area contributed by atoms with Crippen LogP contribution in [0.1, 0.15) is 34.7 Å². The fraction of sp³-hybridized carbons (Fsp3) is 0.304. The van der Waals surface area contributed by atoms with Gasteiger partial charge in [-0.25, -0.2) is 14.6 Å². The molecule has 4 rings (SSSR count).